The molecule has 1 heterocycles. The Balaban J connectivity index is 1.71. The fourth-order valence-corrected chi connectivity index (χ4v) is 3.75. The molecule has 1 N–H and O–H groups in total. The van der Waals surface area contributed by atoms with Gasteiger partial charge in [-0.3, -0.25) is 4.79 Å². The molecule has 1 aromatic heterocycles. The van der Waals surface area contributed by atoms with Gasteiger partial charge in [-0.2, -0.15) is 0 Å². The van der Waals surface area contributed by atoms with E-state index in [1.54, 1.807) is 6.92 Å². The quantitative estimate of drug-likeness (QED) is 0.636. The summed E-state index contributed by atoms with van der Waals surface area (Å²) in [6.07, 6.45) is 0.441. The molecule has 3 aromatic rings. The van der Waals surface area contributed by atoms with Gasteiger partial charge in [-0.05, 0) is 31.0 Å². The highest BCUT2D eigenvalue weighted by atomic mass is 35.5. The largest absolute Gasteiger partial charge is 0.459 e. The number of para-hydroxylation sites is 1. The van der Waals surface area contributed by atoms with Crippen molar-refractivity contribution in [2.24, 2.45) is 5.41 Å². The van der Waals surface area contributed by atoms with E-state index in [1.807, 2.05) is 60.7 Å². The predicted octanol–water partition coefficient (Wildman–Crippen LogP) is 5.22. The molecule has 5 heteroatoms. The van der Waals surface area contributed by atoms with Gasteiger partial charge in [0.15, 0.2) is 0 Å². The minimum absolute atomic E-state index is 0.174. The van der Waals surface area contributed by atoms with Gasteiger partial charge in [-0.25, -0.2) is 0 Å². The number of carbonyl (C=O) groups is 1. The number of nitrogens with one attached hydrogen (secondary N) is 1. The average molecular weight is 374 g/mol. The Morgan fingerprint density at radius 3 is 2.40 bits per heavy atom. The molecule has 2 unspecified atom stereocenters. The van der Waals surface area contributed by atoms with Crippen molar-refractivity contribution in [3.8, 4) is 0 Å². The average Bonchev–Trinajstić information content (AvgIpc) is 2.96. The Labute approximate surface area is 155 Å². The second-order valence-corrected chi connectivity index (χ2v) is 8.20. The molecule has 0 bridgehead atoms. The van der Waals surface area contributed by atoms with Gasteiger partial charge < -0.3 is 9.73 Å². The summed E-state index contributed by atoms with van der Waals surface area (Å²) in [5, 5.41) is 4.06. The monoisotopic (exact) mass is 373 g/mol. The topological polar surface area (TPSA) is 42.2 Å². The minimum Gasteiger partial charge on any atom is -0.459 e. The van der Waals surface area contributed by atoms with Gasteiger partial charge in [-0.1, -0.05) is 48.5 Å². The Morgan fingerprint density at radius 2 is 1.76 bits per heavy atom. The zero-order chi connectivity index (χ0) is 17.7. The van der Waals surface area contributed by atoms with E-state index in [0.717, 1.165) is 16.5 Å². The van der Waals surface area contributed by atoms with E-state index in [0.29, 0.717) is 12.2 Å². The molecular formula is C20H17Cl2NO2. The first-order valence-corrected chi connectivity index (χ1v) is 8.88. The standard InChI is InChI=1S/C20H17Cl2NO2/c1-19(12-20(19,21)22)18(24)23-17(13-7-3-2-4-8-13)16-11-14-9-5-6-10-15(14)25-16/h2-11,17H,12H2,1H3,(H,23,24). The first-order chi connectivity index (χ1) is 11.9. The molecule has 0 radical (unpaired) electrons. The van der Waals surface area contributed by atoms with Crippen molar-refractivity contribution in [3.63, 3.8) is 0 Å². The highest BCUT2D eigenvalue weighted by Crippen LogP contribution is 2.64. The first-order valence-electron chi connectivity index (χ1n) is 8.13. The van der Waals surface area contributed by atoms with E-state index in [4.69, 9.17) is 27.6 Å². The molecule has 1 amide bonds. The summed E-state index contributed by atoms with van der Waals surface area (Å²) in [6.45, 7) is 1.78. The van der Waals surface area contributed by atoms with Crippen LogP contribution in [0.4, 0.5) is 0 Å². The molecule has 25 heavy (non-hydrogen) atoms. The van der Waals surface area contributed by atoms with Crippen LogP contribution in [0.3, 0.4) is 0 Å². The fourth-order valence-electron chi connectivity index (χ4n) is 3.05. The third-order valence-electron chi connectivity index (χ3n) is 4.90. The number of carbonyl (C=O) groups excluding carboxylic acids is 1. The molecule has 0 spiro atoms. The molecule has 0 aliphatic heterocycles. The lowest BCUT2D eigenvalue weighted by Gasteiger charge is -2.20. The van der Waals surface area contributed by atoms with Crippen LogP contribution in [0.2, 0.25) is 0 Å². The molecule has 3 nitrogen and oxygen atoms in total. The molecule has 0 saturated heterocycles. The number of rotatable bonds is 4. The Morgan fingerprint density at radius 1 is 1.12 bits per heavy atom. The van der Waals surface area contributed by atoms with Crippen molar-refractivity contribution in [1.82, 2.24) is 5.32 Å². The smallest absolute Gasteiger partial charge is 0.229 e. The number of halogens is 2. The van der Waals surface area contributed by atoms with Crippen LogP contribution in [0.1, 0.15) is 30.7 Å². The summed E-state index contributed by atoms with van der Waals surface area (Å²) >= 11 is 12.3. The van der Waals surface area contributed by atoms with Crippen LogP contribution in [0.25, 0.3) is 11.0 Å². The number of hydrogen-bond acceptors (Lipinski definition) is 2. The molecule has 128 valence electrons. The summed E-state index contributed by atoms with van der Waals surface area (Å²) in [4.78, 5) is 12.8. The van der Waals surface area contributed by atoms with E-state index < -0.39 is 15.8 Å². The fraction of sp³-hybridized carbons (Fsp3) is 0.250. The van der Waals surface area contributed by atoms with Crippen LogP contribution < -0.4 is 5.32 Å². The number of alkyl halides is 2. The van der Waals surface area contributed by atoms with Crippen LogP contribution in [0, 0.1) is 5.41 Å². The van der Waals surface area contributed by atoms with Crippen molar-refractivity contribution >= 4 is 40.1 Å². The van der Waals surface area contributed by atoms with Gasteiger partial charge in [0.25, 0.3) is 0 Å². The summed E-state index contributed by atoms with van der Waals surface area (Å²) in [6, 6.07) is 19.1. The van der Waals surface area contributed by atoms with E-state index in [-0.39, 0.29) is 5.91 Å². The van der Waals surface area contributed by atoms with Crippen molar-refractivity contribution in [2.45, 2.75) is 23.7 Å². The molecule has 1 saturated carbocycles. The summed E-state index contributed by atoms with van der Waals surface area (Å²) in [5.74, 6) is 0.506. The zero-order valence-corrected chi connectivity index (χ0v) is 15.1. The molecule has 1 aliphatic rings. The van der Waals surface area contributed by atoms with Crippen molar-refractivity contribution in [3.05, 3.63) is 72.0 Å². The SMILES string of the molecule is CC1(C(=O)NC(c2ccccc2)c2cc3ccccc3o2)CC1(Cl)Cl. The third kappa shape index (κ3) is 2.82. The van der Waals surface area contributed by atoms with Gasteiger partial charge in [0.05, 0.1) is 5.41 Å². The van der Waals surface area contributed by atoms with E-state index in [9.17, 15) is 4.79 Å². The van der Waals surface area contributed by atoms with Gasteiger partial charge in [0.1, 0.15) is 21.7 Å². The van der Waals surface area contributed by atoms with Crippen LogP contribution in [-0.4, -0.2) is 10.2 Å². The molecule has 1 aliphatic carbocycles. The lowest BCUT2D eigenvalue weighted by molar-refractivity contribution is -0.126. The number of furan rings is 1. The van der Waals surface area contributed by atoms with Gasteiger partial charge in [0.2, 0.25) is 5.91 Å². The lowest BCUT2D eigenvalue weighted by atomic mass is 10.0. The van der Waals surface area contributed by atoms with E-state index in [1.165, 1.54) is 0 Å². The molecule has 2 aromatic carbocycles. The third-order valence-corrected chi connectivity index (χ3v) is 6.00. The predicted molar refractivity (Wildman–Crippen MR) is 99.8 cm³/mol. The molecule has 1 fully saturated rings. The molecule has 4 rings (SSSR count). The highest BCUT2D eigenvalue weighted by molar-refractivity contribution is 6.53. The maximum Gasteiger partial charge on any atom is 0.229 e. The van der Waals surface area contributed by atoms with Gasteiger partial charge in [0, 0.05) is 5.39 Å². The number of amides is 1. The maximum atomic E-state index is 12.8. The Bertz CT molecular complexity index is 902. The number of fused-ring (bicyclic) bond motifs is 1. The van der Waals surface area contributed by atoms with Gasteiger partial charge >= 0.3 is 0 Å². The van der Waals surface area contributed by atoms with Crippen molar-refractivity contribution < 1.29 is 9.21 Å². The lowest BCUT2D eigenvalue weighted by Crippen LogP contribution is -2.36. The van der Waals surface area contributed by atoms with Crippen LogP contribution in [-0.2, 0) is 4.79 Å². The molecule has 2 atom stereocenters. The number of hydrogen-bond donors (Lipinski definition) is 1. The second kappa shape index (κ2) is 5.79. The summed E-state index contributed by atoms with van der Waals surface area (Å²) in [7, 11) is 0. The summed E-state index contributed by atoms with van der Waals surface area (Å²) in [5.41, 5.74) is 0.943. The maximum absolute atomic E-state index is 12.8. The summed E-state index contributed by atoms with van der Waals surface area (Å²) < 4.78 is 4.98. The second-order valence-electron chi connectivity index (χ2n) is 6.72. The van der Waals surface area contributed by atoms with Crippen LogP contribution in [0.5, 0.6) is 0 Å². The highest BCUT2D eigenvalue weighted by Gasteiger charge is 2.68. The van der Waals surface area contributed by atoms with Crippen molar-refractivity contribution in [1.29, 1.82) is 0 Å². The normalized spacial score (nSPS) is 22.5. The number of benzene rings is 2. The Hall–Kier alpha value is -1.97. The van der Waals surface area contributed by atoms with Crippen LogP contribution in [0.15, 0.2) is 65.1 Å². The zero-order valence-electron chi connectivity index (χ0n) is 13.6. The van der Waals surface area contributed by atoms with Gasteiger partial charge in [-0.15, -0.1) is 23.2 Å². The Kier molecular flexibility index (Phi) is 3.82. The molecular weight excluding hydrogens is 357 g/mol. The van der Waals surface area contributed by atoms with E-state index in [2.05, 4.69) is 5.32 Å². The minimum atomic E-state index is -1.01. The van der Waals surface area contributed by atoms with Crippen molar-refractivity contribution in [2.75, 3.05) is 0 Å². The first kappa shape index (κ1) is 16.5. The van der Waals surface area contributed by atoms with Crippen LogP contribution >= 0.6 is 23.2 Å². The van der Waals surface area contributed by atoms with E-state index >= 15 is 0 Å².